The summed E-state index contributed by atoms with van der Waals surface area (Å²) in [6.07, 6.45) is 3.27. The Balaban J connectivity index is 2.20. The number of ether oxygens (including phenoxy) is 1. The smallest absolute Gasteiger partial charge is 0.118 e. The molecular weight excluding hydrogens is 224 g/mol. The second kappa shape index (κ2) is 7.03. The summed E-state index contributed by atoms with van der Waals surface area (Å²) in [6.45, 7) is 4.68. The molecule has 98 valence electrons. The molecule has 0 aliphatic carbocycles. The highest BCUT2D eigenvalue weighted by Crippen LogP contribution is 2.13. The van der Waals surface area contributed by atoms with E-state index in [-0.39, 0.29) is 0 Å². The van der Waals surface area contributed by atoms with Gasteiger partial charge in [0.25, 0.3) is 0 Å². The van der Waals surface area contributed by atoms with Crippen molar-refractivity contribution in [3.05, 3.63) is 29.8 Å². The predicted molar refractivity (Wildman–Crippen MR) is 73.6 cm³/mol. The maximum absolute atomic E-state index is 8.85. The van der Waals surface area contributed by atoms with Crippen LogP contribution in [0.25, 0.3) is 0 Å². The zero-order chi connectivity index (χ0) is 13.4. The SMILES string of the molecule is COc1ccc(CCCCNC(C)(C)C#N)cc1. The molecular formula is C15H22N2O. The minimum absolute atomic E-state index is 0.417. The highest BCUT2D eigenvalue weighted by molar-refractivity contribution is 5.27. The maximum Gasteiger partial charge on any atom is 0.118 e. The van der Waals surface area contributed by atoms with Gasteiger partial charge in [0.1, 0.15) is 11.3 Å². The number of hydrogen-bond acceptors (Lipinski definition) is 3. The molecule has 0 atom stereocenters. The molecule has 1 N–H and O–H groups in total. The largest absolute Gasteiger partial charge is 0.497 e. The van der Waals surface area contributed by atoms with E-state index in [0.717, 1.165) is 31.6 Å². The lowest BCUT2D eigenvalue weighted by Crippen LogP contribution is -2.38. The summed E-state index contributed by atoms with van der Waals surface area (Å²) >= 11 is 0. The molecule has 0 spiro atoms. The van der Waals surface area contributed by atoms with E-state index >= 15 is 0 Å². The molecule has 0 aliphatic heterocycles. The molecule has 0 amide bonds. The van der Waals surface area contributed by atoms with Crippen LogP contribution in [0.5, 0.6) is 5.75 Å². The lowest BCUT2D eigenvalue weighted by atomic mass is 10.1. The standard InChI is InChI=1S/C15H22N2O/c1-15(2,12-16)17-11-5-4-6-13-7-9-14(18-3)10-8-13/h7-10,17H,4-6,11H2,1-3H3. The number of nitrogens with zero attached hydrogens (tertiary/aromatic N) is 1. The van der Waals surface area contributed by atoms with Gasteiger partial charge in [-0.05, 0) is 57.4 Å². The Morgan fingerprint density at radius 3 is 2.44 bits per heavy atom. The second-order valence-electron chi connectivity index (χ2n) is 4.97. The van der Waals surface area contributed by atoms with Crippen LogP contribution in [0.2, 0.25) is 0 Å². The van der Waals surface area contributed by atoms with Crippen LogP contribution in [0.15, 0.2) is 24.3 Å². The molecule has 1 aromatic rings. The van der Waals surface area contributed by atoms with Crippen LogP contribution in [0, 0.1) is 11.3 Å². The summed E-state index contributed by atoms with van der Waals surface area (Å²) < 4.78 is 5.12. The molecule has 0 heterocycles. The first-order valence-electron chi connectivity index (χ1n) is 6.36. The van der Waals surface area contributed by atoms with E-state index in [4.69, 9.17) is 10.00 Å². The fraction of sp³-hybridized carbons (Fsp3) is 0.533. The number of benzene rings is 1. The molecule has 0 aromatic heterocycles. The van der Waals surface area contributed by atoms with Gasteiger partial charge in [-0.3, -0.25) is 5.32 Å². The lowest BCUT2D eigenvalue weighted by molar-refractivity contribution is 0.414. The van der Waals surface area contributed by atoms with Gasteiger partial charge in [-0.1, -0.05) is 12.1 Å². The van der Waals surface area contributed by atoms with Gasteiger partial charge in [-0.2, -0.15) is 5.26 Å². The number of nitrogens with one attached hydrogen (secondary N) is 1. The Labute approximate surface area is 110 Å². The predicted octanol–water partition coefficient (Wildman–Crippen LogP) is 2.91. The van der Waals surface area contributed by atoms with Gasteiger partial charge >= 0.3 is 0 Å². The van der Waals surface area contributed by atoms with Crippen LogP contribution >= 0.6 is 0 Å². The summed E-state index contributed by atoms with van der Waals surface area (Å²) in [5, 5.41) is 12.1. The van der Waals surface area contributed by atoms with E-state index in [1.165, 1.54) is 5.56 Å². The Hall–Kier alpha value is -1.53. The number of nitriles is 1. The molecule has 3 nitrogen and oxygen atoms in total. The Kier molecular flexibility index (Phi) is 5.67. The van der Waals surface area contributed by atoms with Crippen LogP contribution < -0.4 is 10.1 Å². The van der Waals surface area contributed by atoms with Gasteiger partial charge in [0.15, 0.2) is 0 Å². The number of unbranched alkanes of at least 4 members (excludes halogenated alkanes) is 1. The molecule has 0 saturated carbocycles. The maximum atomic E-state index is 8.85. The fourth-order valence-corrected chi connectivity index (χ4v) is 1.69. The number of aryl methyl sites for hydroxylation is 1. The van der Waals surface area contributed by atoms with Crippen LogP contribution in [-0.4, -0.2) is 19.2 Å². The van der Waals surface area contributed by atoms with Crippen molar-refractivity contribution < 1.29 is 4.74 Å². The molecule has 0 bridgehead atoms. The topological polar surface area (TPSA) is 45.0 Å². The van der Waals surface area contributed by atoms with Crippen LogP contribution in [0.4, 0.5) is 0 Å². The summed E-state index contributed by atoms with van der Waals surface area (Å²) in [4.78, 5) is 0. The zero-order valence-corrected chi connectivity index (χ0v) is 11.5. The molecule has 3 heteroatoms. The molecule has 0 saturated heterocycles. The van der Waals surface area contributed by atoms with Crippen LogP contribution in [0.3, 0.4) is 0 Å². The van der Waals surface area contributed by atoms with Crippen molar-refractivity contribution in [2.75, 3.05) is 13.7 Å². The molecule has 0 aliphatic rings. The molecule has 0 fully saturated rings. The fourth-order valence-electron chi connectivity index (χ4n) is 1.69. The molecule has 0 unspecified atom stereocenters. The van der Waals surface area contributed by atoms with Crippen molar-refractivity contribution >= 4 is 0 Å². The number of methoxy groups -OCH3 is 1. The first-order chi connectivity index (χ1) is 8.57. The van der Waals surface area contributed by atoms with Crippen molar-refractivity contribution in [1.29, 1.82) is 5.26 Å². The highest BCUT2D eigenvalue weighted by Gasteiger charge is 2.13. The monoisotopic (exact) mass is 246 g/mol. The normalized spacial score (nSPS) is 11.0. The Morgan fingerprint density at radius 1 is 1.22 bits per heavy atom. The third kappa shape index (κ3) is 5.20. The van der Waals surface area contributed by atoms with E-state index in [1.54, 1.807) is 7.11 Å². The third-order valence-corrected chi connectivity index (χ3v) is 2.90. The van der Waals surface area contributed by atoms with Gasteiger partial charge in [0.2, 0.25) is 0 Å². The minimum Gasteiger partial charge on any atom is -0.497 e. The van der Waals surface area contributed by atoms with E-state index < -0.39 is 5.54 Å². The Bertz CT molecular complexity index is 390. The first-order valence-corrected chi connectivity index (χ1v) is 6.36. The zero-order valence-electron chi connectivity index (χ0n) is 11.5. The lowest BCUT2D eigenvalue weighted by Gasteiger charge is -2.17. The quantitative estimate of drug-likeness (QED) is 0.752. The van der Waals surface area contributed by atoms with E-state index in [2.05, 4.69) is 23.5 Å². The Morgan fingerprint density at radius 2 is 1.89 bits per heavy atom. The van der Waals surface area contributed by atoms with Crippen molar-refractivity contribution in [2.24, 2.45) is 0 Å². The van der Waals surface area contributed by atoms with Gasteiger partial charge in [-0.15, -0.1) is 0 Å². The van der Waals surface area contributed by atoms with Gasteiger partial charge < -0.3 is 4.74 Å². The molecule has 18 heavy (non-hydrogen) atoms. The van der Waals surface area contributed by atoms with E-state index in [9.17, 15) is 0 Å². The highest BCUT2D eigenvalue weighted by atomic mass is 16.5. The van der Waals surface area contributed by atoms with Gasteiger partial charge in [0.05, 0.1) is 13.2 Å². The summed E-state index contributed by atoms with van der Waals surface area (Å²) in [5.41, 5.74) is 0.912. The second-order valence-corrected chi connectivity index (χ2v) is 4.97. The van der Waals surface area contributed by atoms with Gasteiger partial charge in [-0.25, -0.2) is 0 Å². The summed E-state index contributed by atoms with van der Waals surface area (Å²) in [7, 11) is 1.68. The molecule has 0 radical (unpaired) electrons. The number of rotatable bonds is 7. The van der Waals surface area contributed by atoms with Gasteiger partial charge in [0, 0.05) is 0 Å². The third-order valence-electron chi connectivity index (χ3n) is 2.90. The van der Waals surface area contributed by atoms with Crippen LogP contribution in [0.1, 0.15) is 32.3 Å². The minimum atomic E-state index is -0.417. The van der Waals surface area contributed by atoms with E-state index in [1.807, 2.05) is 26.0 Å². The number of hydrogen-bond donors (Lipinski definition) is 1. The summed E-state index contributed by atoms with van der Waals surface area (Å²) in [6, 6.07) is 10.4. The first kappa shape index (κ1) is 14.5. The summed E-state index contributed by atoms with van der Waals surface area (Å²) in [5.74, 6) is 0.899. The average Bonchev–Trinajstić information content (AvgIpc) is 2.39. The van der Waals surface area contributed by atoms with Crippen molar-refractivity contribution in [3.63, 3.8) is 0 Å². The van der Waals surface area contributed by atoms with Crippen molar-refractivity contribution in [3.8, 4) is 11.8 Å². The average molecular weight is 246 g/mol. The van der Waals surface area contributed by atoms with E-state index in [0.29, 0.717) is 0 Å². The molecule has 1 rings (SSSR count). The van der Waals surface area contributed by atoms with Crippen molar-refractivity contribution in [1.82, 2.24) is 5.32 Å². The molecule has 1 aromatic carbocycles. The van der Waals surface area contributed by atoms with Crippen LogP contribution in [-0.2, 0) is 6.42 Å². The van der Waals surface area contributed by atoms with Crippen molar-refractivity contribution in [2.45, 2.75) is 38.6 Å².